The van der Waals surface area contributed by atoms with Crippen LogP contribution in [-0.4, -0.2) is 30.0 Å². The third-order valence-electron chi connectivity index (χ3n) is 4.11. The summed E-state index contributed by atoms with van der Waals surface area (Å²) in [7, 11) is 0. The SMILES string of the molecule is O=C(CCn1cnc2ccccc2c1=O)Nc1ccc(-n2ccnc2)nc1. The van der Waals surface area contributed by atoms with Crippen molar-refractivity contribution in [2.24, 2.45) is 0 Å². The third kappa shape index (κ3) is 3.59. The molecule has 4 aromatic rings. The Labute approximate surface area is 154 Å². The van der Waals surface area contributed by atoms with Crippen molar-refractivity contribution in [1.29, 1.82) is 0 Å². The van der Waals surface area contributed by atoms with Crippen LogP contribution in [0.3, 0.4) is 0 Å². The number of carbonyl (C=O) groups excluding carboxylic acids is 1. The molecule has 0 atom stereocenters. The summed E-state index contributed by atoms with van der Waals surface area (Å²) < 4.78 is 3.22. The Hall–Kier alpha value is -3.81. The van der Waals surface area contributed by atoms with Gasteiger partial charge in [-0.3, -0.25) is 18.7 Å². The standard InChI is InChI=1S/C19H16N6O2/c26-18(23-14-5-6-17(21-11-14)24-10-8-20-12-24)7-9-25-13-22-16-4-2-1-3-15(16)19(25)27/h1-6,8,10-13H,7,9H2,(H,23,26). The van der Waals surface area contributed by atoms with Crippen molar-refractivity contribution in [3.05, 3.63) is 78.0 Å². The summed E-state index contributed by atoms with van der Waals surface area (Å²) in [6, 6.07) is 10.7. The molecule has 0 aliphatic rings. The van der Waals surface area contributed by atoms with Crippen molar-refractivity contribution in [3.8, 4) is 5.82 Å². The van der Waals surface area contributed by atoms with Gasteiger partial charge in [-0.15, -0.1) is 0 Å². The molecule has 3 aromatic heterocycles. The first kappa shape index (κ1) is 16.6. The second kappa shape index (κ2) is 7.20. The normalized spacial score (nSPS) is 10.8. The lowest BCUT2D eigenvalue weighted by Crippen LogP contribution is -2.23. The first-order valence-corrected chi connectivity index (χ1v) is 8.39. The topological polar surface area (TPSA) is 94.7 Å². The molecule has 4 rings (SSSR count). The molecule has 0 fully saturated rings. The summed E-state index contributed by atoms with van der Waals surface area (Å²) in [5.41, 5.74) is 1.08. The van der Waals surface area contributed by atoms with E-state index in [2.05, 4.69) is 20.3 Å². The van der Waals surface area contributed by atoms with E-state index in [9.17, 15) is 9.59 Å². The predicted octanol–water partition coefficient (Wildman–Crippen LogP) is 2.01. The number of anilines is 1. The summed E-state index contributed by atoms with van der Waals surface area (Å²) in [6.45, 7) is 0.253. The second-order valence-electron chi connectivity index (χ2n) is 5.93. The van der Waals surface area contributed by atoms with Crippen LogP contribution in [0.5, 0.6) is 0 Å². The van der Waals surface area contributed by atoms with Crippen molar-refractivity contribution in [1.82, 2.24) is 24.1 Å². The molecule has 27 heavy (non-hydrogen) atoms. The number of carbonyl (C=O) groups is 1. The van der Waals surface area contributed by atoms with E-state index in [4.69, 9.17) is 0 Å². The zero-order chi connectivity index (χ0) is 18.6. The summed E-state index contributed by atoms with van der Waals surface area (Å²) in [5, 5.41) is 3.32. The summed E-state index contributed by atoms with van der Waals surface area (Å²) in [4.78, 5) is 37.1. The maximum absolute atomic E-state index is 12.4. The lowest BCUT2D eigenvalue weighted by Gasteiger charge is -2.08. The third-order valence-corrected chi connectivity index (χ3v) is 4.11. The molecule has 3 heterocycles. The van der Waals surface area contributed by atoms with E-state index in [1.54, 1.807) is 59.8 Å². The molecule has 0 unspecified atom stereocenters. The number of aromatic nitrogens is 5. The molecule has 1 amide bonds. The van der Waals surface area contributed by atoms with Crippen LogP contribution in [0.4, 0.5) is 5.69 Å². The molecule has 0 saturated heterocycles. The Kier molecular flexibility index (Phi) is 4.44. The van der Waals surface area contributed by atoms with Crippen molar-refractivity contribution >= 4 is 22.5 Å². The Morgan fingerprint density at radius 2 is 1.96 bits per heavy atom. The van der Waals surface area contributed by atoms with E-state index < -0.39 is 0 Å². The maximum atomic E-state index is 12.4. The van der Waals surface area contributed by atoms with Gasteiger partial charge in [0.2, 0.25) is 5.91 Å². The molecule has 1 aromatic carbocycles. The molecule has 0 aliphatic carbocycles. The van der Waals surface area contributed by atoms with Crippen LogP contribution < -0.4 is 10.9 Å². The van der Waals surface area contributed by atoms with E-state index in [1.807, 2.05) is 6.07 Å². The van der Waals surface area contributed by atoms with Crippen LogP contribution in [-0.2, 0) is 11.3 Å². The molecule has 0 spiro atoms. The monoisotopic (exact) mass is 360 g/mol. The fourth-order valence-corrected chi connectivity index (χ4v) is 2.72. The van der Waals surface area contributed by atoms with Gasteiger partial charge in [0.1, 0.15) is 12.1 Å². The van der Waals surface area contributed by atoms with Crippen molar-refractivity contribution < 1.29 is 4.79 Å². The number of rotatable bonds is 5. The van der Waals surface area contributed by atoms with E-state index in [1.165, 1.54) is 10.9 Å². The molecule has 0 aliphatic heterocycles. The van der Waals surface area contributed by atoms with Crippen LogP contribution in [0.25, 0.3) is 16.7 Å². The van der Waals surface area contributed by atoms with Crippen LogP contribution in [0.1, 0.15) is 6.42 Å². The van der Waals surface area contributed by atoms with Crippen LogP contribution in [0.15, 0.2) is 72.4 Å². The highest BCUT2D eigenvalue weighted by molar-refractivity contribution is 5.90. The van der Waals surface area contributed by atoms with Gasteiger partial charge in [-0.2, -0.15) is 0 Å². The quantitative estimate of drug-likeness (QED) is 0.587. The van der Waals surface area contributed by atoms with E-state index in [0.717, 1.165) is 0 Å². The van der Waals surface area contributed by atoms with Gasteiger partial charge in [0.25, 0.3) is 5.56 Å². The zero-order valence-electron chi connectivity index (χ0n) is 14.3. The number of hydrogen-bond acceptors (Lipinski definition) is 5. The number of imidazole rings is 1. The minimum atomic E-state index is -0.202. The van der Waals surface area contributed by atoms with E-state index in [0.29, 0.717) is 22.4 Å². The fraction of sp³-hybridized carbons (Fsp3) is 0.105. The lowest BCUT2D eigenvalue weighted by molar-refractivity contribution is -0.116. The predicted molar refractivity (Wildman–Crippen MR) is 101 cm³/mol. The molecule has 0 radical (unpaired) electrons. The first-order valence-electron chi connectivity index (χ1n) is 8.39. The number of para-hydroxylation sites is 1. The molecule has 1 N–H and O–H groups in total. The minimum Gasteiger partial charge on any atom is -0.325 e. The van der Waals surface area contributed by atoms with Crippen molar-refractivity contribution in [2.75, 3.05) is 5.32 Å². The van der Waals surface area contributed by atoms with Crippen molar-refractivity contribution in [3.63, 3.8) is 0 Å². The van der Waals surface area contributed by atoms with Gasteiger partial charge < -0.3 is 5.32 Å². The average Bonchev–Trinajstić information content (AvgIpc) is 3.23. The largest absolute Gasteiger partial charge is 0.325 e. The maximum Gasteiger partial charge on any atom is 0.261 e. The molecule has 0 bridgehead atoms. The number of pyridine rings is 1. The average molecular weight is 360 g/mol. The number of amides is 1. The van der Waals surface area contributed by atoms with Gasteiger partial charge in [-0.25, -0.2) is 15.0 Å². The molecule has 8 nitrogen and oxygen atoms in total. The van der Waals surface area contributed by atoms with E-state index >= 15 is 0 Å². The highest BCUT2D eigenvalue weighted by atomic mass is 16.2. The number of hydrogen-bond donors (Lipinski definition) is 1. The molecule has 134 valence electrons. The number of benzene rings is 1. The number of fused-ring (bicyclic) bond motifs is 1. The number of aryl methyl sites for hydroxylation is 1. The fourth-order valence-electron chi connectivity index (χ4n) is 2.72. The van der Waals surface area contributed by atoms with Crippen LogP contribution in [0, 0.1) is 0 Å². The van der Waals surface area contributed by atoms with Gasteiger partial charge in [0, 0.05) is 25.4 Å². The van der Waals surface area contributed by atoms with Gasteiger partial charge in [-0.1, -0.05) is 12.1 Å². The summed E-state index contributed by atoms with van der Waals surface area (Å²) in [6.07, 6.45) is 8.31. The van der Waals surface area contributed by atoms with Gasteiger partial charge in [0.15, 0.2) is 0 Å². The zero-order valence-corrected chi connectivity index (χ0v) is 14.3. The first-order chi connectivity index (χ1) is 13.2. The molecular weight excluding hydrogens is 344 g/mol. The van der Waals surface area contributed by atoms with Gasteiger partial charge in [0.05, 0.1) is 29.1 Å². The molecular formula is C19H16N6O2. The Balaban J connectivity index is 1.40. The van der Waals surface area contributed by atoms with Crippen LogP contribution >= 0.6 is 0 Å². The van der Waals surface area contributed by atoms with Crippen molar-refractivity contribution in [2.45, 2.75) is 13.0 Å². The summed E-state index contributed by atoms with van der Waals surface area (Å²) in [5.74, 6) is 0.506. The van der Waals surface area contributed by atoms with Gasteiger partial charge in [-0.05, 0) is 24.3 Å². The number of nitrogens with zero attached hydrogens (tertiary/aromatic N) is 5. The van der Waals surface area contributed by atoms with Crippen LogP contribution in [0.2, 0.25) is 0 Å². The molecule has 8 heteroatoms. The smallest absolute Gasteiger partial charge is 0.261 e. The Bertz CT molecular complexity index is 1130. The molecule has 0 saturated carbocycles. The highest BCUT2D eigenvalue weighted by Gasteiger charge is 2.07. The lowest BCUT2D eigenvalue weighted by atomic mass is 10.2. The minimum absolute atomic E-state index is 0.153. The summed E-state index contributed by atoms with van der Waals surface area (Å²) >= 11 is 0. The second-order valence-corrected chi connectivity index (χ2v) is 5.93. The van der Waals surface area contributed by atoms with Gasteiger partial charge >= 0.3 is 0 Å². The highest BCUT2D eigenvalue weighted by Crippen LogP contribution is 2.10. The van der Waals surface area contributed by atoms with E-state index in [-0.39, 0.29) is 24.4 Å². The Morgan fingerprint density at radius 1 is 1.07 bits per heavy atom. The Morgan fingerprint density at radius 3 is 2.74 bits per heavy atom. The number of nitrogens with one attached hydrogen (secondary N) is 1.